The standard InChI is InChI=1S/C22H27N5O3/c1-30-22(29)18-7-10-25(15-18)16-20(28)27-13-11-26(12-14-27)19-5-3-17(4-6-19)21-23-8-2-9-24-21/h2-6,8-9,18H,7,10-16H2,1H3/t18-/m1/s1. The largest absolute Gasteiger partial charge is 0.469 e. The number of carbonyl (C=O) groups is 2. The van der Waals surface area contributed by atoms with Gasteiger partial charge in [-0.25, -0.2) is 9.97 Å². The molecule has 0 aliphatic carbocycles. The van der Waals surface area contributed by atoms with Crippen molar-refractivity contribution in [3.8, 4) is 11.4 Å². The second kappa shape index (κ2) is 9.21. The fourth-order valence-corrected chi connectivity index (χ4v) is 4.11. The van der Waals surface area contributed by atoms with Crippen LogP contribution in [0.5, 0.6) is 0 Å². The maximum absolute atomic E-state index is 12.7. The zero-order valence-electron chi connectivity index (χ0n) is 17.2. The molecule has 30 heavy (non-hydrogen) atoms. The van der Waals surface area contributed by atoms with Crippen molar-refractivity contribution in [2.75, 3.05) is 57.8 Å². The third-order valence-corrected chi connectivity index (χ3v) is 5.85. The lowest BCUT2D eigenvalue weighted by molar-refractivity contribution is -0.145. The predicted octanol–water partition coefficient (Wildman–Crippen LogP) is 1.29. The third-order valence-electron chi connectivity index (χ3n) is 5.85. The monoisotopic (exact) mass is 409 g/mol. The Labute approximate surface area is 176 Å². The van der Waals surface area contributed by atoms with Crippen LogP contribution in [0.1, 0.15) is 6.42 Å². The molecule has 1 atom stereocenters. The number of piperazine rings is 1. The topological polar surface area (TPSA) is 78.9 Å². The van der Waals surface area contributed by atoms with Crippen molar-refractivity contribution in [3.05, 3.63) is 42.7 Å². The van der Waals surface area contributed by atoms with Crippen LogP contribution in [0.25, 0.3) is 11.4 Å². The van der Waals surface area contributed by atoms with E-state index in [0.29, 0.717) is 26.2 Å². The average Bonchev–Trinajstić information content (AvgIpc) is 3.28. The Balaban J connectivity index is 1.27. The summed E-state index contributed by atoms with van der Waals surface area (Å²) in [5, 5.41) is 0. The number of carbonyl (C=O) groups excluding carboxylic acids is 2. The van der Waals surface area contributed by atoms with Gasteiger partial charge in [-0.1, -0.05) is 0 Å². The van der Waals surface area contributed by atoms with Crippen molar-refractivity contribution in [1.82, 2.24) is 19.8 Å². The van der Waals surface area contributed by atoms with Crippen molar-refractivity contribution in [3.63, 3.8) is 0 Å². The Morgan fingerprint density at radius 1 is 1.03 bits per heavy atom. The predicted molar refractivity (Wildman–Crippen MR) is 113 cm³/mol. The molecule has 0 bridgehead atoms. The van der Waals surface area contributed by atoms with Crippen molar-refractivity contribution in [2.24, 2.45) is 5.92 Å². The molecule has 2 aliphatic heterocycles. The first-order chi connectivity index (χ1) is 14.6. The molecule has 0 N–H and O–H groups in total. The summed E-state index contributed by atoms with van der Waals surface area (Å²) in [6.07, 6.45) is 4.24. The van der Waals surface area contributed by atoms with Gasteiger partial charge < -0.3 is 14.5 Å². The molecule has 4 rings (SSSR count). The van der Waals surface area contributed by atoms with E-state index in [4.69, 9.17) is 4.74 Å². The summed E-state index contributed by atoms with van der Waals surface area (Å²) in [6, 6.07) is 10.0. The normalized spacial score (nSPS) is 19.7. The van der Waals surface area contributed by atoms with Gasteiger partial charge in [-0.2, -0.15) is 0 Å². The molecule has 0 radical (unpaired) electrons. The van der Waals surface area contributed by atoms with E-state index in [0.717, 1.165) is 43.1 Å². The molecular formula is C22H27N5O3. The van der Waals surface area contributed by atoms with E-state index in [-0.39, 0.29) is 17.8 Å². The number of likely N-dealkylation sites (tertiary alicyclic amines) is 1. The second-order valence-corrected chi connectivity index (χ2v) is 7.73. The van der Waals surface area contributed by atoms with Crippen LogP contribution in [0.4, 0.5) is 5.69 Å². The number of ether oxygens (including phenoxy) is 1. The summed E-state index contributed by atoms with van der Waals surface area (Å²) in [4.78, 5) is 39.2. The number of rotatable bonds is 5. The van der Waals surface area contributed by atoms with Crippen LogP contribution in [-0.2, 0) is 14.3 Å². The van der Waals surface area contributed by atoms with E-state index in [1.807, 2.05) is 17.0 Å². The number of methoxy groups -OCH3 is 1. The lowest BCUT2D eigenvalue weighted by Crippen LogP contribution is -2.51. The number of hydrogen-bond acceptors (Lipinski definition) is 7. The molecule has 0 unspecified atom stereocenters. The van der Waals surface area contributed by atoms with Crippen LogP contribution in [0.15, 0.2) is 42.7 Å². The maximum atomic E-state index is 12.7. The Hall–Kier alpha value is -3.00. The molecule has 2 fully saturated rings. The smallest absolute Gasteiger partial charge is 0.310 e. The van der Waals surface area contributed by atoms with Gasteiger partial charge in [0.2, 0.25) is 5.91 Å². The van der Waals surface area contributed by atoms with E-state index in [2.05, 4.69) is 31.9 Å². The van der Waals surface area contributed by atoms with Gasteiger partial charge in [-0.3, -0.25) is 14.5 Å². The molecule has 8 nitrogen and oxygen atoms in total. The zero-order valence-corrected chi connectivity index (χ0v) is 17.2. The SMILES string of the molecule is COC(=O)[C@@H]1CCN(CC(=O)N2CCN(c3ccc(-c4ncccn4)cc3)CC2)C1. The van der Waals surface area contributed by atoms with E-state index in [9.17, 15) is 9.59 Å². The van der Waals surface area contributed by atoms with Crippen LogP contribution in [0.3, 0.4) is 0 Å². The van der Waals surface area contributed by atoms with Gasteiger partial charge in [0.05, 0.1) is 19.6 Å². The summed E-state index contributed by atoms with van der Waals surface area (Å²) in [6.45, 7) is 4.76. The summed E-state index contributed by atoms with van der Waals surface area (Å²) < 4.78 is 4.82. The van der Waals surface area contributed by atoms with Gasteiger partial charge in [-0.15, -0.1) is 0 Å². The Bertz CT molecular complexity index is 866. The van der Waals surface area contributed by atoms with Crippen LogP contribution in [0, 0.1) is 5.92 Å². The first kappa shape index (κ1) is 20.3. The molecule has 2 saturated heterocycles. The number of benzene rings is 1. The number of aromatic nitrogens is 2. The quantitative estimate of drug-likeness (QED) is 0.689. The van der Waals surface area contributed by atoms with Gasteiger partial charge in [0.25, 0.3) is 0 Å². The summed E-state index contributed by atoms with van der Waals surface area (Å²) in [5.74, 6) is 0.569. The van der Waals surface area contributed by atoms with Crippen LogP contribution in [0.2, 0.25) is 0 Å². The Morgan fingerprint density at radius 2 is 1.73 bits per heavy atom. The summed E-state index contributed by atoms with van der Waals surface area (Å²) >= 11 is 0. The molecule has 0 spiro atoms. The fraction of sp³-hybridized carbons (Fsp3) is 0.455. The molecule has 2 aromatic rings. The van der Waals surface area contributed by atoms with Crippen LogP contribution < -0.4 is 4.90 Å². The Kier molecular flexibility index (Phi) is 6.23. The molecule has 8 heteroatoms. The van der Waals surface area contributed by atoms with Gasteiger partial charge in [-0.05, 0) is 43.3 Å². The molecular weight excluding hydrogens is 382 g/mol. The van der Waals surface area contributed by atoms with Crippen LogP contribution in [-0.4, -0.2) is 84.6 Å². The van der Waals surface area contributed by atoms with E-state index in [1.165, 1.54) is 7.11 Å². The summed E-state index contributed by atoms with van der Waals surface area (Å²) in [5.41, 5.74) is 2.13. The number of esters is 1. The summed E-state index contributed by atoms with van der Waals surface area (Å²) in [7, 11) is 1.42. The Morgan fingerprint density at radius 3 is 2.40 bits per heavy atom. The first-order valence-electron chi connectivity index (χ1n) is 10.3. The minimum atomic E-state index is -0.177. The molecule has 2 aliphatic rings. The van der Waals surface area contributed by atoms with Gasteiger partial charge in [0.1, 0.15) is 0 Å². The van der Waals surface area contributed by atoms with E-state index < -0.39 is 0 Å². The highest BCUT2D eigenvalue weighted by Crippen LogP contribution is 2.22. The lowest BCUT2D eigenvalue weighted by Gasteiger charge is -2.36. The number of amides is 1. The minimum absolute atomic E-state index is 0.107. The highest BCUT2D eigenvalue weighted by molar-refractivity contribution is 5.79. The molecule has 1 aromatic carbocycles. The first-order valence-corrected chi connectivity index (χ1v) is 10.3. The average molecular weight is 409 g/mol. The molecule has 3 heterocycles. The highest BCUT2D eigenvalue weighted by Gasteiger charge is 2.31. The number of nitrogens with zero attached hydrogens (tertiary/aromatic N) is 5. The van der Waals surface area contributed by atoms with Crippen molar-refractivity contribution in [1.29, 1.82) is 0 Å². The maximum Gasteiger partial charge on any atom is 0.310 e. The zero-order chi connectivity index (χ0) is 20.9. The van der Waals surface area contributed by atoms with Gasteiger partial charge in [0, 0.05) is 56.4 Å². The number of anilines is 1. The molecule has 0 saturated carbocycles. The molecule has 1 aromatic heterocycles. The van der Waals surface area contributed by atoms with E-state index in [1.54, 1.807) is 18.5 Å². The van der Waals surface area contributed by atoms with Gasteiger partial charge in [0.15, 0.2) is 5.82 Å². The van der Waals surface area contributed by atoms with Crippen molar-refractivity contribution in [2.45, 2.75) is 6.42 Å². The minimum Gasteiger partial charge on any atom is -0.469 e. The van der Waals surface area contributed by atoms with Gasteiger partial charge >= 0.3 is 5.97 Å². The third kappa shape index (κ3) is 4.59. The number of hydrogen-bond donors (Lipinski definition) is 0. The lowest BCUT2D eigenvalue weighted by atomic mass is 10.1. The fourth-order valence-electron chi connectivity index (χ4n) is 4.11. The van der Waals surface area contributed by atoms with Crippen LogP contribution >= 0.6 is 0 Å². The highest BCUT2D eigenvalue weighted by atomic mass is 16.5. The van der Waals surface area contributed by atoms with Crippen molar-refractivity contribution >= 4 is 17.6 Å². The van der Waals surface area contributed by atoms with E-state index >= 15 is 0 Å². The second-order valence-electron chi connectivity index (χ2n) is 7.73. The molecule has 158 valence electrons. The van der Waals surface area contributed by atoms with Crippen molar-refractivity contribution < 1.29 is 14.3 Å². The molecule has 1 amide bonds.